The van der Waals surface area contributed by atoms with Crippen molar-refractivity contribution in [1.29, 1.82) is 0 Å². The van der Waals surface area contributed by atoms with Crippen LogP contribution >= 0.6 is 0 Å². The van der Waals surface area contributed by atoms with Gasteiger partial charge in [-0.25, -0.2) is 4.79 Å². The molecular weight excluding hydrogens is 308 g/mol. The van der Waals surface area contributed by atoms with E-state index in [1.54, 1.807) is 12.1 Å². The van der Waals surface area contributed by atoms with E-state index in [9.17, 15) is 14.7 Å². The summed E-state index contributed by atoms with van der Waals surface area (Å²) in [6.45, 7) is 3.93. The summed E-state index contributed by atoms with van der Waals surface area (Å²) in [4.78, 5) is 24.8. The predicted octanol–water partition coefficient (Wildman–Crippen LogP) is 2.27. The number of nitrogens with one attached hydrogen (secondary N) is 1. The van der Waals surface area contributed by atoms with E-state index in [2.05, 4.69) is 10.2 Å². The van der Waals surface area contributed by atoms with Gasteiger partial charge in [0.15, 0.2) is 0 Å². The first-order valence-corrected chi connectivity index (χ1v) is 8.40. The van der Waals surface area contributed by atoms with Crippen LogP contribution in [-0.2, 0) is 11.3 Å². The molecule has 1 amide bonds. The zero-order chi connectivity index (χ0) is 17.5. The van der Waals surface area contributed by atoms with Gasteiger partial charge >= 0.3 is 5.97 Å². The van der Waals surface area contributed by atoms with E-state index in [1.807, 2.05) is 6.07 Å². The maximum absolute atomic E-state index is 11.4. The Morgan fingerprint density at radius 3 is 2.83 bits per heavy atom. The van der Waals surface area contributed by atoms with Crippen LogP contribution in [-0.4, -0.2) is 48.1 Å². The largest absolute Gasteiger partial charge is 0.496 e. The van der Waals surface area contributed by atoms with Gasteiger partial charge in [0.1, 0.15) is 11.3 Å². The Labute approximate surface area is 142 Å². The fraction of sp³-hybridized carbons (Fsp3) is 0.556. The molecule has 6 nitrogen and oxygen atoms in total. The number of hydrogen-bond donors (Lipinski definition) is 2. The normalized spacial score (nSPS) is 18.2. The fourth-order valence-electron chi connectivity index (χ4n) is 3.27. The van der Waals surface area contributed by atoms with Gasteiger partial charge in [0.05, 0.1) is 7.11 Å². The van der Waals surface area contributed by atoms with Crippen molar-refractivity contribution in [2.24, 2.45) is 0 Å². The van der Waals surface area contributed by atoms with Crippen molar-refractivity contribution in [1.82, 2.24) is 10.2 Å². The smallest absolute Gasteiger partial charge is 0.339 e. The molecular formula is C18H26N2O4. The lowest BCUT2D eigenvalue weighted by atomic mass is 9.98. The van der Waals surface area contributed by atoms with Crippen LogP contribution in [0, 0.1) is 0 Å². The molecule has 1 atom stereocenters. The van der Waals surface area contributed by atoms with Gasteiger partial charge in [-0.15, -0.1) is 0 Å². The van der Waals surface area contributed by atoms with Crippen molar-refractivity contribution in [3.05, 3.63) is 29.3 Å². The summed E-state index contributed by atoms with van der Waals surface area (Å²) < 4.78 is 5.11. The summed E-state index contributed by atoms with van der Waals surface area (Å²) in [5, 5.41) is 12.2. The molecule has 6 heteroatoms. The molecule has 0 saturated carbocycles. The first-order chi connectivity index (χ1) is 11.5. The number of hydrogen-bond acceptors (Lipinski definition) is 4. The number of nitrogens with zero attached hydrogens (tertiary/aromatic N) is 1. The molecule has 0 bridgehead atoms. The minimum absolute atomic E-state index is 0.00128. The van der Waals surface area contributed by atoms with Crippen LogP contribution in [0.3, 0.4) is 0 Å². The zero-order valence-corrected chi connectivity index (χ0v) is 14.4. The monoisotopic (exact) mass is 334 g/mol. The summed E-state index contributed by atoms with van der Waals surface area (Å²) in [6.07, 6.45) is 4.38. The van der Waals surface area contributed by atoms with Gasteiger partial charge < -0.3 is 15.2 Å². The molecule has 0 unspecified atom stereocenters. The second-order valence-corrected chi connectivity index (χ2v) is 6.23. The van der Waals surface area contributed by atoms with Crippen LogP contribution in [0.2, 0.25) is 0 Å². The highest BCUT2D eigenvalue weighted by molar-refractivity contribution is 5.91. The lowest BCUT2D eigenvalue weighted by Gasteiger charge is -2.36. The standard InChI is InChI=1S/C18H26N2O4/c1-13(21)19-9-8-15-5-3-4-10-20(15)12-14-6-7-17(24-2)16(11-14)18(22)23/h6-7,11,15H,3-5,8-10,12H2,1-2H3,(H,19,21)(H,22,23)/t15-/m0/s1. The van der Waals surface area contributed by atoms with Crippen molar-refractivity contribution in [2.45, 2.75) is 45.2 Å². The lowest BCUT2D eigenvalue weighted by molar-refractivity contribution is -0.119. The number of methoxy groups -OCH3 is 1. The molecule has 1 aliphatic rings. The van der Waals surface area contributed by atoms with E-state index in [4.69, 9.17) is 4.74 Å². The topological polar surface area (TPSA) is 78.9 Å². The fourth-order valence-corrected chi connectivity index (χ4v) is 3.27. The van der Waals surface area contributed by atoms with E-state index in [-0.39, 0.29) is 11.5 Å². The molecule has 1 aromatic carbocycles. The Kier molecular flexibility index (Phi) is 6.61. The number of likely N-dealkylation sites (tertiary alicyclic amines) is 1. The number of amides is 1. The maximum atomic E-state index is 11.4. The van der Waals surface area contributed by atoms with Gasteiger partial charge in [0.25, 0.3) is 0 Å². The van der Waals surface area contributed by atoms with Crippen LogP contribution in [0.15, 0.2) is 18.2 Å². The molecule has 0 radical (unpaired) electrons. The Bertz CT molecular complexity index is 588. The molecule has 0 spiro atoms. The third kappa shape index (κ3) is 4.96. The number of rotatable bonds is 7. The number of ether oxygens (including phenoxy) is 1. The molecule has 1 saturated heterocycles. The number of benzene rings is 1. The molecule has 0 aliphatic carbocycles. The van der Waals surface area contributed by atoms with Crippen molar-refractivity contribution >= 4 is 11.9 Å². The third-order valence-corrected chi connectivity index (χ3v) is 4.48. The highest BCUT2D eigenvalue weighted by Crippen LogP contribution is 2.25. The van der Waals surface area contributed by atoms with E-state index >= 15 is 0 Å². The minimum atomic E-state index is -0.977. The number of aromatic carboxylic acids is 1. The van der Waals surface area contributed by atoms with Gasteiger partial charge in [-0.1, -0.05) is 12.5 Å². The van der Waals surface area contributed by atoms with Crippen LogP contribution < -0.4 is 10.1 Å². The van der Waals surface area contributed by atoms with Gasteiger partial charge in [-0.2, -0.15) is 0 Å². The van der Waals surface area contributed by atoms with E-state index in [0.717, 1.165) is 37.9 Å². The number of piperidine rings is 1. The summed E-state index contributed by atoms with van der Waals surface area (Å²) in [5.74, 6) is -0.597. The summed E-state index contributed by atoms with van der Waals surface area (Å²) in [6, 6.07) is 5.75. The summed E-state index contributed by atoms with van der Waals surface area (Å²) in [7, 11) is 1.48. The van der Waals surface area contributed by atoms with E-state index in [0.29, 0.717) is 18.3 Å². The van der Waals surface area contributed by atoms with Crippen LogP contribution in [0.1, 0.15) is 48.5 Å². The zero-order valence-electron chi connectivity index (χ0n) is 14.4. The first-order valence-electron chi connectivity index (χ1n) is 8.40. The van der Waals surface area contributed by atoms with Gasteiger partial charge in [0, 0.05) is 26.1 Å². The maximum Gasteiger partial charge on any atom is 0.339 e. The Morgan fingerprint density at radius 2 is 2.17 bits per heavy atom. The number of carbonyl (C=O) groups excluding carboxylic acids is 1. The molecule has 24 heavy (non-hydrogen) atoms. The second kappa shape index (κ2) is 8.68. The average molecular weight is 334 g/mol. The molecule has 2 rings (SSSR count). The molecule has 1 aliphatic heterocycles. The Balaban J connectivity index is 2.05. The lowest BCUT2D eigenvalue weighted by Crippen LogP contribution is -2.41. The second-order valence-electron chi connectivity index (χ2n) is 6.23. The molecule has 0 aromatic heterocycles. The number of carbonyl (C=O) groups is 2. The van der Waals surface area contributed by atoms with Gasteiger partial charge in [-0.05, 0) is 43.5 Å². The highest BCUT2D eigenvalue weighted by Gasteiger charge is 2.23. The van der Waals surface area contributed by atoms with Crippen molar-refractivity contribution in [2.75, 3.05) is 20.2 Å². The first kappa shape index (κ1) is 18.3. The average Bonchev–Trinajstić information content (AvgIpc) is 2.56. The quantitative estimate of drug-likeness (QED) is 0.800. The van der Waals surface area contributed by atoms with Crippen LogP contribution in [0.5, 0.6) is 5.75 Å². The Morgan fingerprint density at radius 1 is 1.38 bits per heavy atom. The Hall–Kier alpha value is -2.08. The van der Waals surface area contributed by atoms with Crippen molar-refractivity contribution in [3.8, 4) is 5.75 Å². The van der Waals surface area contributed by atoms with E-state index < -0.39 is 5.97 Å². The van der Waals surface area contributed by atoms with Gasteiger partial charge in [-0.3, -0.25) is 9.69 Å². The molecule has 1 aromatic rings. The van der Waals surface area contributed by atoms with Crippen molar-refractivity contribution in [3.63, 3.8) is 0 Å². The third-order valence-electron chi connectivity index (χ3n) is 4.48. The van der Waals surface area contributed by atoms with Crippen LogP contribution in [0.4, 0.5) is 0 Å². The minimum Gasteiger partial charge on any atom is -0.496 e. The van der Waals surface area contributed by atoms with Crippen LogP contribution in [0.25, 0.3) is 0 Å². The summed E-state index contributed by atoms with van der Waals surface area (Å²) >= 11 is 0. The molecule has 1 fully saturated rings. The van der Waals surface area contributed by atoms with E-state index in [1.165, 1.54) is 20.5 Å². The number of carboxylic acid groups (broad SMARTS) is 1. The highest BCUT2D eigenvalue weighted by atomic mass is 16.5. The summed E-state index contributed by atoms with van der Waals surface area (Å²) in [5.41, 5.74) is 1.17. The molecule has 2 N–H and O–H groups in total. The predicted molar refractivity (Wildman–Crippen MR) is 91.3 cm³/mol. The van der Waals surface area contributed by atoms with Gasteiger partial charge in [0.2, 0.25) is 5.91 Å². The SMILES string of the molecule is COc1ccc(CN2CCCC[C@H]2CCNC(C)=O)cc1C(=O)O. The molecule has 132 valence electrons. The molecule has 1 heterocycles. The van der Waals surface area contributed by atoms with Crippen molar-refractivity contribution < 1.29 is 19.4 Å². The number of carboxylic acids is 1.